The van der Waals surface area contributed by atoms with Crippen molar-refractivity contribution in [2.45, 2.75) is 31.8 Å². The van der Waals surface area contributed by atoms with Crippen LogP contribution in [0.1, 0.15) is 19.8 Å². The van der Waals surface area contributed by atoms with Crippen LogP contribution in [0.2, 0.25) is 0 Å². The average Bonchev–Trinajstić information content (AvgIpc) is 2.15. The first-order valence-corrected chi connectivity index (χ1v) is 4.41. The van der Waals surface area contributed by atoms with Crippen molar-refractivity contribution in [2.75, 3.05) is 6.61 Å². The Balaban J connectivity index is 3.92. The molecule has 0 heterocycles. The Morgan fingerprint density at radius 3 is 2.36 bits per heavy atom. The van der Waals surface area contributed by atoms with Crippen molar-refractivity contribution in [3.8, 4) is 0 Å². The van der Waals surface area contributed by atoms with Gasteiger partial charge in [0, 0.05) is 0 Å². The number of carbonyl (C=O) groups is 2. The molecular weight excluding hydrogens is 188 g/mol. The number of carbonyl (C=O) groups excluding carboxylic acids is 1. The Bertz CT molecular complexity index is 208. The second kappa shape index (κ2) is 6.33. The molecule has 0 aliphatic rings. The van der Waals surface area contributed by atoms with E-state index in [1.165, 1.54) is 0 Å². The van der Waals surface area contributed by atoms with Gasteiger partial charge in [-0.25, -0.2) is 0 Å². The summed E-state index contributed by atoms with van der Waals surface area (Å²) in [4.78, 5) is 21.4. The largest absolute Gasteiger partial charge is 0.480 e. The van der Waals surface area contributed by atoms with E-state index in [2.05, 4.69) is 0 Å². The molecule has 1 unspecified atom stereocenters. The molecule has 82 valence electrons. The summed E-state index contributed by atoms with van der Waals surface area (Å²) in [5.74, 6) is -2.08. The predicted molar refractivity (Wildman–Crippen MR) is 49.5 cm³/mol. The smallest absolute Gasteiger partial charge is 0.325 e. The fraction of sp³-hybridized carbons (Fsp3) is 0.750. The van der Waals surface area contributed by atoms with Crippen molar-refractivity contribution < 1.29 is 19.4 Å². The summed E-state index contributed by atoms with van der Waals surface area (Å²) >= 11 is 0. The quantitative estimate of drug-likeness (QED) is 0.380. The number of aliphatic carboxylic acids is 1. The molecule has 0 aromatic carbocycles. The second-order valence-corrected chi connectivity index (χ2v) is 2.91. The van der Waals surface area contributed by atoms with Gasteiger partial charge in [0.1, 0.15) is 12.1 Å². The molecule has 0 bridgehead atoms. The Hall–Kier alpha value is -1.14. The van der Waals surface area contributed by atoms with E-state index in [-0.39, 0.29) is 6.61 Å². The predicted octanol–water partition coefficient (Wildman–Crippen LogP) is -0.931. The lowest BCUT2D eigenvalue weighted by molar-refractivity contribution is -0.150. The molecular formula is C8H16N2O4. The topological polar surface area (TPSA) is 116 Å². The normalized spacial score (nSPS) is 14.5. The van der Waals surface area contributed by atoms with Gasteiger partial charge in [-0.15, -0.1) is 0 Å². The van der Waals surface area contributed by atoms with Gasteiger partial charge >= 0.3 is 11.9 Å². The summed E-state index contributed by atoms with van der Waals surface area (Å²) in [5.41, 5.74) is 10.4. The SMILES string of the molecule is CCCCOC(=O)[C@H](N)C(N)C(=O)O. The van der Waals surface area contributed by atoms with E-state index in [4.69, 9.17) is 21.3 Å². The molecule has 0 amide bonds. The van der Waals surface area contributed by atoms with Crippen molar-refractivity contribution in [3.63, 3.8) is 0 Å². The lowest BCUT2D eigenvalue weighted by Crippen LogP contribution is -2.52. The van der Waals surface area contributed by atoms with Crippen molar-refractivity contribution >= 4 is 11.9 Å². The van der Waals surface area contributed by atoms with Crippen molar-refractivity contribution in [1.82, 2.24) is 0 Å². The van der Waals surface area contributed by atoms with Crippen LogP contribution in [0.3, 0.4) is 0 Å². The Morgan fingerprint density at radius 1 is 1.36 bits per heavy atom. The molecule has 0 saturated carbocycles. The molecule has 0 aliphatic carbocycles. The fourth-order valence-electron chi connectivity index (χ4n) is 0.714. The number of nitrogens with two attached hydrogens (primary N) is 2. The Morgan fingerprint density at radius 2 is 1.93 bits per heavy atom. The Kier molecular flexibility index (Phi) is 5.82. The van der Waals surface area contributed by atoms with Crippen molar-refractivity contribution in [3.05, 3.63) is 0 Å². The number of carboxylic acid groups (broad SMARTS) is 1. The number of carboxylic acids is 1. The third-order valence-electron chi connectivity index (χ3n) is 1.69. The minimum absolute atomic E-state index is 0.245. The van der Waals surface area contributed by atoms with Crippen LogP contribution >= 0.6 is 0 Å². The fourth-order valence-corrected chi connectivity index (χ4v) is 0.714. The Labute approximate surface area is 82.2 Å². The van der Waals surface area contributed by atoms with Crippen LogP contribution in [0.15, 0.2) is 0 Å². The van der Waals surface area contributed by atoms with Crippen LogP contribution in [0.4, 0.5) is 0 Å². The highest BCUT2D eigenvalue weighted by Gasteiger charge is 2.28. The number of ether oxygens (including phenoxy) is 1. The first-order chi connectivity index (χ1) is 6.50. The molecule has 0 fully saturated rings. The van der Waals surface area contributed by atoms with Crippen LogP contribution < -0.4 is 11.5 Å². The summed E-state index contributed by atoms with van der Waals surface area (Å²) < 4.78 is 4.71. The maximum atomic E-state index is 11.1. The molecule has 0 spiro atoms. The minimum atomic E-state index is -1.41. The lowest BCUT2D eigenvalue weighted by atomic mass is 10.1. The number of hydrogen-bond acceptors (Lipinski definition) is 5. The van der Waals surface area contributed by atoms with E-state index in [0.717, 1.165) is 12.8 Å². The van der Waals surface area contributed by atoms with Crippen LogP contribution in [-0.2, 0) is 14.3 Å². The molecule has 2 atom stereocenters. The van der Waals surface area contributed by atoms with Gasteiger partial charge in [0.05, 0.1) is 6.61 Å². The zero-order chi connectivity index (χ0) is 11.1. The molecule has 0 radical (unpaired) electrons. The van der Waals surface area contributed by atoms with Gasteiger partial charge < -0.3 is 21.3 Å². The van der Waals surface area contributed by atoms with Gasteiger partial charge in [-0.3, -0.25) is 9.59 Å². The number of esters is 1. The highest BCUT2D eigenvalue weighted by molar-refractivity contribution is 5.85. The van der Waals surface area contributed by atoms with Crippen LogP contribution in [0.5, 0.6) is 0 Å². The molecule has 6 heteroatoms. The molecule has 14 heavy (non-hydrogen) atoms. The first-order valence-electron chi connectivity index (χ1n) is 4.41. The minimum Gasteiger partial charge on any atom is -0.480 e. The monoisotopic (exact) mass is 204 g/mol. The molecule has 0 rings (SSSR count). The van der Waals surface area contributed by atoms with Gasteiger partial charge in [0.15, 0.2) is 0 Å². The molecule has 6 nitrogen and oxygen atoms in total. The third-order valence-corrected chi connectivity index (χ3v) is 1.69. The summed E-state index contributed by atoms with van der Waals surface area (Å²) in [6, 6.07) is -2.71. The maximum Gasteiger partial charge on any atom is 0.325 e. The van der Waals surface area contributed by atoms with Gasteiger partial charge in [-0.1, -0.05) is 13.3 Å². The van der Waals surface area contributed by atoms with E-state index in [0.29, 0.717) is 0 Å². The molecule has 0 aromatic rings. The van der Waals surface area contributed by atoms with Gasteiger partial charge in [0.25, 0.3) is 0 Å². The van der Waals surface area contributed by atoms with E-state index in [1.54, 1.807) is 0 Å². The third kappa shape index (κ3) is 4.20. The van der Waals surface area contributed by atoms with E-state index >= 15 is 0 Å². The zero-order valence-corrected chi connectivity index (χ0v) is 8.10. The highest BCUT2D eigenvalue weighted by atomic mass is 16.5. The average molecular weight is 204 g/mol. The summed E-state index contributed by atoms with van der Waals surface area (Å²) in [6.45, 7) is 2.19. The maximum absolute atomic E-state index is 11.1. The summed E-state index contributed by atoms with van der Waals surface area (Å²) in [5, 5.41) is 8.46. The first kappa shape index (κ1) is 12.9. The van der Waals surface area contributed by atoms with Crippen molar-refractivity contribution in [2.24, 2.45) is 11.5 Å². The summed E-state index contributed by atoms with van der Waals surface area (Å²) in [7, 11) is 0. The van der Waals surface area contributed by atoms with Crippen LogP contribution in [0.25, 0.3) is 0 Å². The molecule has 0 aromatic heterocycles. The van der Waals surface area contributed by atoms with Crippen molar-refractivity contribution in [1.29, 1.82) is 0 Å². The van der Waals surface area contributed by atoms with Gasteiger partial charge in [0.2, 0.25) is 0 Å². The second-order valence-electron chi connectivity index (χ2n) is 2.91. The number of rotatable bonds is 6. The van der Waals surface area contributed by atoms with Crippen LogP contribution in [-0.4, -0.2) is 35.7 Å². The lowest BCUT2D eigenvalue weighted by Gasteiger charge is -2.14. The molecule has 0 aliphatic heterocycles. The number of hydrogen-bond donors (Lipinski definition) is 3. The molecule has 0 saturated heterocycles. The summed E-state index contributed by atoms with van der Waals surface area (Å²) in [6.07, 6.45) is 1.61. The highest BCUT2D eigenvalue weighted by Crippen LogP contribution is 1.94. The standard InChI is InChI=1S/C8H16N2O4/c1-2-3-4-14-8(13)6(10)5(9)7(11)12/h5-6H,2-4,9-10H2,1H3,(H,11,12)/t5?,6-/m1/s1. The van der Waals surface area contributed by atoms with E-state index < -0.39 is 24.0 Å². The molecule has 5 N–H and O–H groups in total. The van der Waals surface area contributed by atoms with E-state index in [9.17, 15) is 9.59 Å². The van der Waals surface area contributed by atoms with Crippen LogP contribution in [0, 0.1) is 0 Å². The number of unbranched alkanes of at least 4 members (excludes halogenated alkanes) is 1. The van der Waals surface area contributed by atoms with Gasteiger partial charge in [-0.2, -0.15) is 0 Å². The van der Waals surface area contributed by atoms with E-state index in [1.807, 2.05) is 6.92 Å². The zero-order valence-electron chi connectivity index (χ0n) is 8.10. The van der Waals surface area contributed by atoms with Gasteiger partial charge in [-0.05, 0) is 6.42 Å².